The second kappa shape index (κ2) is 7.79. The molecule has 0 amide bonds. The van der Waals surface area contributed by atoms with Crippen LogP contribution in [0.15, 0.2) is 10.6 Å². The van der Waals surface area contributed by atoms with E-state index >= 15 is 0 Å². The second-order valence-corrected chi connectivity index (χ2v) is 6.30. The average Bonchev–Trinajstić information content (AvgIpc) is 2.86. The molecule has 0 saturated heterocycles. The highest BCUT2D eigenvalue weighted by Gasteiger charge is 2.23. The van der Waals surface area contributed by atoms with Crippen molar-refractivity contribution in [2.24, 2.45) is 5.92 Å². The highest BCUT2D eigenvalue weighted by Crippen LogP contribution is 2.27. The minimum Gasteiger partial charge on any atom is -0.360 e. The van der Waals surface area contributed by atoms with Crippen molar-refractivity contribution in [3.8, 4) is 0 Å². The van der Waals surface area contributed by atoms with Crippen molar-refractivity contribution in [2.45, 2.75) is 65.1 Å². The number of nitrogens with zero attached hydrogens (tertiary/aromatic N) is 2. The summed E-state index contributed by atoms with van der Waals surface area (Å²) in [7, 11) is 2.21. The fourth-order valence-corrected chi connectivity index (χ4v) is 3.08. The van der Waals surface area contributed by atoms with Crippen molar-refractivity contribution in [3.05, 3.63) is 17.5 Å². The van der Waals surface area contributed by atoms with Crippen molar-refractivity contribution in [2.75, 3.05) is 13.6 Å². The molecule has 20 heavy (non-hydrogen) atoms. The molecule has 1 aromatic rings. The van der Waals surface area contributed by atoms with E-state index in [1.165, 1.54) is 25.7 Å². The molecule has 2 rings (SSSR count). The lowest BCUT2D eigenvalue weighted by atomic mass is 9.86. The molecule has 4 heteroatoms. The van der Waals surface area contributed by atoms with E-state index in [4.69, 9.17) is 4.52 Å². The number of hydrogen-bond donors (Lipinski definition) is 1. The summed E-state index contributed by atoms with van der Waals surface area (Å²) in [6.07, 6.45) is 6.53. The lowest BCUT2D eigenvalue weighted by molar-refractivity contribution is 0.145. The second-order valence-electron chi connectivity index (χ2n) is 6.30. The first-order valence-electron chi connectivity index (χ1n) is 8.04. The van der Waals surface area contributed by atoms with Gasteiger partial charge in [0.1, 0.15) is 0 Å². The Balaban J connectivity index is 1.80. The quantitative estimate of drug-likeness (QED) is 0.778. The van der Waals surface area contributed by atoms with Crippen LogP contribution >= 0.6 is 0 Å². The molecule has 0 aromatic carbocycles. The largest absolute Gasteiger partial charge is 0.360 e. The van der Waals surface area contributed by atoms with E-state index in [-0.39, 0.29) is 0 Å². The van der Waals surface area contributed by atoms with E-state index in [9.17, 15) is 0 Å². The standard InChI is InChI=1S/C16H29N3O/c1-4-8-17-11-14-10-16(20-18-14)12-19(3)15-7-5-6-13(2)9-15/h10,13,15,17H,4-9,11-12H2,1-3H3. The zero-order valence-electron chi connectivity index (χ0n) is 13.2. The minimum atomic E-state index is 0.700. The van der Waals surface area contributed by atoms with Gasteiger partial charge in [-0.2, -0.15) is 0 Å². The van der Waals surface area contributed by atoms with Gasteiger partial charge in [-0.3, -0.25) is 4.90 Å². The van der Waals surface area contributed by atoms with Crippen LogP contribution in [-0.2, 0) is 13.1 Å². The predicted molar refractivity (Wildman–Crippen MR) is 81.4 cm³/mol. The molecule has 4 nitrogen and oxygen atoms in total. The minimum absolute atomic E-state index is 0.700. The van der Waals surface area contributed by atoms with Crippen molar-refractivity contribution in [1.82, 2.24) is 15.4 Å². The van der Waals surface area contributed by atoms with E-state index < -0.39 is 0 Å². The molecule has 1 N–H and O–H groups in total. The molecule has 2 unspecified atom stereocenters. The van der Waals surface area contributed by atoms with Gasteiger partial charge < -0.3 is 9.84 Å². The molecular formula is C16H29N3O. The SMILES string of the molecule is CCCNCc1cc(CN(C)C2CCCC(C)C2)on1. The Morgan fingerprint density at radius 2 is 2.30 bits per heavy atom. The molecule has 1 aliphatic carbocycles. The summed E-state index contributed by atoms with van der Waals surface area (Å²) in [6.45, 7) is 7.25. The lowest BCUT2D eigenvalue weighted by Gasteiger charge is -2.33. The molecule has 2 atom stereocenters. The van der Waals surface area contributed by atoms with E-state index in [1.807, 2.05) is 0 Å². The topological polar surface area (TPSA) is 41.3 Å². The molecule has 0 spiro atoms. The zero-order valence-corrected chi connectivity index (χ0v) is 13.2. The van der Waals surface area contributed by atoms with E-state index in [0.717, 1.165) is 43.4 Å². The lowest BCUT2D eigenvalue weighted by Crippen LogP contribution is -2.34. The highest BCUT2D eigenvalue weighted by atomic mass is 16.5. The molecule has 1 saturated carbocycles. The summed E-state index contributed by atoms with van der Waals surface area (Å²) in [4.78, 5) is 2.43. The van der Waals surface area contributed by atoms with Crippen LogP contribution in [-0.4, -0.2) is 29.7 Å². The number of hydrogen-bond acceptors (Lipinski definition) is 4. The Morgan fingerprint density at radius 3 is 3.05 bits per heavy atom. The highest BCUT2D eigenvalue weighted by molar-refractivity contribution is 5.05. The Hall–Kier alpha value is -0.870. The molecule has 1 fully saturated rings. The van der Waals surface area contributed by atoms with Gasteiger partial charge >= 0.3 is 0 Å². The molecule has 114 valence electrons. The molecule has 1 aromatic heterocycles. The molecule has 0 radical (unpaired) electrons. The van der Waals surface area contributed by atoms with Gasteiger partial charge in [0.05, 0.1) is 12.2 Å². The summed E-state index contributed by atoms with van der Waals surface area (Å²) < 4.78 is 5.45. The maximum atomic E-state index is 5.45. The predicted octanol–water partition coefficient (Wildman–Crippen LogP) is 3.18. The van der Waals surface area contributed by atoms with Gasteiger partial charge in [0, 0.05) is 18.7 Å². The van der Waals surface area contributed by atoms with Gasteiger partial charge in [-0.05, 0) is 38.8 Å². The zero-order chi connectivity index (χ0) is 14.4. The maximum absolute atomic E-state index is 5.45. The Bertz CT molecular complexity index is 391. The monoisotopic (exact) mass is 279 g/mol. The average molecular weight is 279 g/mol. The normalized spacial score (nSPS) is 23.4. The van der Waals surface area contributed by atoms with Crippen LogP contribution < -0.4 is 5.32 Å². The van der Waals surface area contributed by atoms with Crippen LogP contribution in [0.1, 0.15) is 57.4 Å². The summed E-state index contributed by atoms with van der Waals surface area (Å²) >= 11 is 0. The fraction of sp³-hybridized carbons (Fsp3) is 0.812. The molecular weight excluding hydrogens is 250 g/mol. The van der Waals surface area contributed by atoms with Crippen molar-refractivity contribution < 1.29 is 4.52 Å². The van der Waals surface area contributed by atoms with Crippen LogP contribution in [0.2, 0.25) is 0 Å². The van der Waals surface area contributed by atoms with Crippen molar-refractivity contribution >= 4 is 0 Å². The summed E-state index contributed by atoms with van der Waals surface area (Å²) in [5.74, 6) is 1.85. The van der Waals surface area contributed by atoms with E-state index in [0.29, 0.717) is 6.04 Å². The number of rotatable bonds is 7. The maximum Gasteiger partial charge on any atom is 0.151 e. The van der Waals surface area contributed by atoms with Gasteiger partial charge in [-0.1, -0.05) is 31.8 Å². The Kier molecular flexibility index (Phi) is 6.05. The van der Waals surface area contributed by atoms with E-state index in [2.05, 4.69) is 42.3 Å². The molecule has 0 bridgehead atoms. The van der Waals surface area contributed by atoms with Crippen molar-refractivity contribution in [3.63, 3.8) is 0 Å². The van der Waals surface area contributed by atoms with Crippen LogP contribution in [0.25, 0.3) is 0 Å². The number of aromatic nitrogens is 1. The van der Waals surface area contributed by atoms with Gasteiger partial charge in [0.25, 0.3) is 0 Å². The first kappa shape index (κ1) is 15.5. The first-order valence-corrected chi connectivity index (χ1v) is 8.04. The van der Waals surface area contributed by atoms with Gasteiger partial charge in [0.2, 0.25) is 0 Å². The fourth-order valence-electron chi connectivity index (χ4n) is 3.08. The molecule has 1 heterocycles. The van der Waals surface area contributed by atoms with Crippen LogP contribution in [0.4, 0.5) is 0 Å². The molecule has 0 aliphatic heterocycles. The summed E-state index contributed by atoms with van der Waals surface area (Å²) in [5.41, 5.74) is 1.01. The van der Waals surface area contributed by atoms with Crippen LogP contribution in [0.5, 0.6) is 0 Å². The Labute approximate surface area is 122 Å². The van der Waals surface area contributed by atoms with Crippen LogP contribution in [0.3, 0.4) is 0 Å². The Morgan fingerprint density at radius 1 is 1.45 bits per heavy atom. The smallest absolute Gasteiger partial charge is 0.151 e. The third kappa shape index (κ3) is 4.60. The number of nitrogens with one attached hydrogen (secondary N) is 1. The molecule has 1 aliphatic rings. The van der Waals surface area contributed by atoms with Crippen LogP contribution in [0, 0.1) is 5.92 Å². The first-order chi connectivity index (χ1) is 9.69. The van der Waals surface area contributed by atoms with Crippen molar-refractivity contribution in [1.29, 1.82) is 0 Å². The summed E-state index contributed by atoms with van der Waals surface area (Å²) in [6, 6.07) is 2.79. The van der Waals surface area contributed by atoms with Gasteiger partial charge in [-0.15, -0.1) is 0 Å². The third-order valence-electron chi connectivity index (χ3n) is 4.28. The van der Waals surface area contributed by atoms with Gasteiger partial charge in [0.15, 0.2) is 5.76 Å². The summed E-state index contributed by atoms with van der Waals surface area (Å²) in [5, 5.41) is 7.49. The third-order valence-corrected chi connectivity index (χ3v) is 4.28. The van der Waals surface area contributed by atoms with E-state index in [1.54, 1.807) is 0 Å². The van der Waals surface area contributed by atoms with Gasteiger partial charge in [-0.25, -0.2) is 0 Å².